The van der Waals surface area contributed by atoms with E-state index in [2.05, 4.69) is 21.8 Å². The summed E-state index contributed by atoms with van der Waals surface area (Å²) in [4.78, 5) is 9.24. The largest absolute Gasteiger partial charge is 0.398 e. The molecule has 1 aliphatic heterocycles. The first-order valence-corrected chi connectivity index (χ1v) is 10.4. The first kappa shape index (κ1) is 24.0. The number of piperazine rings is 1. The van der Waals surface area contributed by atoms with Crippen molar-refractivity contribution in [1.82, 2.24) is 9.80 Å². The topological polar surface area (TPSA) is 106 Å². The molecule has 1 aliphatic rings. The van der Waals surface area contributed by atoms with Crippen LogP contribution in [-0.2, 0) is 4.74 Å². The summed E-state index contributed by atoms with van der Waals surface area (Å²) in [7, 11) is 3.75. The van der Waals surface area contributed by atoms with Gasteiger partial charge in [0.1, 0.15) is 5.84 Å². The number of ether oxygens (including phenoxy) is 1. The quantitative estimate of drug-likeness (QED) is 0.310. The number of benzene rings is 1. The molecule has 30 heavy (non-hydrogen) atoms. The summed E-state index contributed by atoms with van der Waals surface area (Å²) in [5.41, 5.74) is 20.9. The van der Waals surface area contributed by atoms with Crippen LogP contribution >= 0.6 is 11.6 Å². The maximum atomic E-state index is 6.65. The second-order valence-corrected chi connectivity index (χ2v) is 7.57. The van der Waals surface area contributed by atoms with Crippen molar-refractivity contribution in [2.24, 2.45) is 22.2 Å². The van der Waals surface area contributed by atoms with Crippen molar-refractivity contribution in [3.8, 4) is 0 Å². The second kappa shape index (κ2) is 12.4. The molecule has 1 aromatic rings. The van der Waals surface area contributed by atoms with Gasteiger partial charge in [0.2, 0.25) is 0 Å². The highest BCUT2D eigenvalue weighted by molar-refractivity contribution is 6.38. The average molecular weight is 433 g/mol. The SMILES string of the molecule is COC/C=C/C(N)=C(C(N)=NCCN1CCN(C)CC1)\C(Cl)=C(/N)c1ccccc1. The minimum atomic E-state index is 0.271. The third-order valence-corrected chi connectivity index (χ3v) is 5.33. The van der Waals surface area contributed by atoms with E-state index in [0.29, 0.717) is 30.1 Å². The highest BCUT2D eigenvalue weighted by Crippen LogP contribution is 2.25. The molecule has 6 N–H and O–H groups in total. The highest BCUT2D eigenvalue weighted by Gasteiger charge is 2.17. The number of amidine groups is 1. The summed E-state index contributed by atoms with van der Waals surface area (Å²) < 4.78 is 5.04. The molecule has 0 amide bonds. The number of methoxy groups -OCH3 is 1. The Bertz CT molecular complexity index is 795. The Morgan fingerprint density at radius 3 is 2.43 bits per heavy atom. The maximum Gasteiger partial charge on any atom is 0.129 e. The molecule has 1 heterocycles. The zero-order valence-corrected chi connectivity index (χ0v) is 18.6. The number of likely N-dealkylation sites (N-methyl/N-ethyl adjacent to an activating group) is 1. The van der Waals surface area contributed by atoms with Gasteiger partial charge >= 0.3 is 0 Å². The molecule has 1 aromatic carbocycles. The average Bonchev–Trinajstić information content (AvgIpc) is 2.75. The molecular weight excluding hydrogens is 400 g/mol. The monoisotopic (exact) mass is 432 g/mol. The van der Waals surface area contributed by atoms with Crippen molar-refractivity contribution in [2.45, 2.75) is 0 Å². The molecule has 164 valence electrons. The van der Waals surface area contributed by atoms with Crippen LogP contribution in [0.2, 0.25) is 0 Å². The van der Waals surface area contributed by atoms with Gasteiger partial charge in [0.25, 0.3) is 0 Å². The van der Waals surface area contributed by atoms with E-state index in [0.717, 1.165) is 38.3 Å². The van der Waals surface area contributed by atoms with E-state index in [1.807, 2.05) is 30.3 Å². The van der Waals surface area contributed by atoms with Crippen molar-refractivity contribution < 1.29 is 4.74 Å². The Hall–Kier alpha value is -2.32. The number of nitrogens with zero attached hydrogens (tertiary/aromatic N) is 3. The standard InChI is InChI=1S/C22H33ClN6O/c1-28-12-14-29(15-13-28)11-10-27-22(26)19(18(24)9-6-16-30-2)20(23)21(25)17-7-4-3-5-8-17/h3-9H,10-16,24-25H2,1-2H3,(H2,26,27)/b9-6+,19-18-,21-20+. The van der Waals surface area contributed by atoms with E-state index in [9.17, 15) is 0 Å². The molecule has 0 aliphatic carbocycles. The first-order chi connectivity index (χ1) is 14.4. The molecule has 1 fully saturated rings. The number of rotatable bonds is 9. The Morgan fingerprint density at radius 2 is 1.80 bits per heavy atom. The lowest BCUT2D eigenvalue weighted by atomic mass is 10.1. The fraction of sp³-hybridized carbons (Fsp3) is 0.409. The van der Waals surface area contributed by atoms with Crippen LogP contribution in [0.3, 0.4) is 0 Å². The minimum Gasteiger partial charge on any atom is -0.398 e. The summed E-state index contributed by atoms with van der Waals surface area (Å²) in [5, 5.41) is 0.279. The second-order valence-electron chi connectivity index (χ2n) is 7.19. The molecule has 8 heteroatoms. The fourth-order valence-electron chi connectivity index (χ4n) is 3.08. The van der Waals surface area contributed by atoms with Gasteiger partial charge in [-0.3, -0.25) is 9.89 Å². The van der Waals surface area contributed by atoms with E-state index in [1.165, 1.54) is 0 Å². The third kappa shape index (κ3) is 7.18. The lowest BCUT2D eigenvalue weighted by molar-refractivity contribution is 0.157. The van der Waals surface area contributed by atoms with Gasteiger partial charge in [-0.25, -0.2) is 0 Å². The van der Waals surface area contributed by atoms with Gasteiger partial charge in [0.15, 0.2) is 0 Å². The van der Waals surface area contributed by atoms with Gasteiger partial charge in [-0.1, -0.05) is 48.0 Å². The smallest absolute Gasteiger partial charge is 0.129 e. The summed E-state index contributed by atoms with van der Waals surface area (Å²) in [6.07, 6.45) is 3.50. The lowest BCUT2D eigenvalue weighted by Gasteiger charge is -2.31. The summed E-state index contributed by atoms with van der Waals surface area (Å²) in [6, 6.07) is 9.47. The van der Waals surface area contributed by atoms with Crippen molar-refractivity contribution in [3.63, 3.8) is 0 Å². The molecule has 0 aromatic heterocycles. The zero-order chi connectivity index (χ0) is 21.9. The third-order valence-electron chi connectivity index (χ3n) is 4.94. The van der Waals surface area contributed by atoms with E-state index < -0.39 is 0 Å². The zero-order valence-electron chi connectivity index (χ0n) is 17.9. The Labute approximate surface area is 184 Å². The van der Waals surface area contributed by atoms with Crippen LogP contribution in [0, 0.1) is 0 Å². The van der Waals surface area contributed by atoms with Crippen LogP contribution < -0.4 is 17.2 Å². The van der Waals surface area contributed by atoms with Crippen LogP contribution in [0.5, 0.6) is 0 Å². The van der Waals surface area contributed by atoms with Crippen LogP contribution in [0.25, 0.3) is 5.70 Å². The molecule has 0 saturated carbocycles. The molecule has 0 unspecified atom stereocenters. The van der Waals surface area contributed by atoms with Crippen LogP contribution in [0.1, 0.15) is 5.56 Å². The van der Waals surface area contributed by atoms with Crippen molar-refractivity contribution in [2.75, 3.05) is 60.0 Å². The normalized spacial score (nSPS) is 18.4. The number of halogens is 1. The van der Waals surface area contributed by atoms with Crippen molar-refractivity contribution in [3.05, 3.63) is 64.3 Å². The van der Waals surface area contributed by atoms with Crippen LogP contribution in [-0.4, -0.2) is 75.7 Å². The molecule has 1 saturated heterocycles. The minimum absolute atomic E-state index is 0.271. The molecule has 0 bridgehead atoms. The van der Waals surface area contributed by atoms with Gasteiger partial charge < -0.3 is 26.8 Å². The van der Waals surface area contributed by atoms with Crippen molar-refractivity contribution in [1.29, 1.82) is 0 Å². The van der Waals surface area contributed by atoms with Gasteiger partial charge in [-0.05, 0) is 18.7 Å². The van der Waals surface area contributed by atoms with Crippen LogP contribution in [0.15, 0.2) is 63.8 Å². The molecule has 0 spiro atoms. The first-order valence-electron chi connectivity index (χ1n) is 10.0. The molecule has 0 atom stereocenters. The Kier molecular flexibility index (Phi) is 9.89. The van der Waals surface area contributed by atoms with Gasteiger partial charge in [0.05, 0.1) is 29.5 Å². The Morgan fingerprint density at radius 1 is 1.13 bits per heavy atom. The van der Waals surface area contributed by atoms with E-state index in [4.69, 9.17) is 33.5 Å². The number of nitrogens with two attached hydrogens (primary N) is 3. The molecule has 2 rings (SSSR count). The molecular formula is C22H33ClN6O. The molecule has 7 nitrogen and oxygen atoms in total. The predicted octanol–water partition coefficient (Wildman–Crippen LogP) is 1.57. The van der Waals surface area contributed by atoms with E-state index in [-0.39, 0.29) is 10.9 Å². The van der Waals surface area contributed by atoms with Gasteiger partial charge in [-0.2, -0.15) is 0 Å². The van der Waals surface area contributed by atoms with Gasteiger partial charge in [-0.15, -0.1) is 0 Å². The maximum absolute atomic E-state index is 6.65. The van der Waals surface area contributed by atoms with E-state index in [1.54, 1.807) is 19.3 Å². The number of aliphatic imine (C=N–C) groups is 1. The molecule has 0 radical (unpaired) electrons. The number of hydrogen-bond acceptors (Lipinski definition) is 6. The summed E-state index contributed by atoms with van der Waals surface area (Å²) >= 11 is 6.65. The summed E-state index contributed by atoms with van der Waals surface area (Å²) in [6.45, 7) is 5.98. The van der Waals surface area contributed by atoms with Gasteiger partial charge in [0, 0.05) is 45.5 Å². The van der Waals surface area contributed by atoms with Crippen molar-refractivity contribution >= 4 is 23.1 Å². The van der Waals surface area contributed by atoms with E-state index >= 15 is 0 Å². The highest BCUT2D eigenvalue weighted by atomic mass is 35.5. The number of hydrogen-bond donors (Lipinski definition) is 3. The van der Waals surface area contributed by atoms with Crippen LogP contribution in [0.4, 0.5) is 0 Å². The Balaban J connectivity index is 2.25. The predicted molar refractivity (Wildman–Crippen MR) is 126 cm³/mol. The number of allylic oxidation sites excluding steroid dienone is 1. The lowest BCUT2D eigenvalue weighted by Crippen LogP contribution is -2.45. The fourth-order valence-corrected chi connectivity index (χ4v) is 3.40. The summed E-state index contributed by atoms with van der Waals surface area (Å²) in [5.74, 6) is 0.271.